The summed E-state index contributed by atoms with van der Waals surface area (Å²) in [6.07, 6.45) is 6.92. The topological polar surface area (TPSA) is 93.8 Å². The third kappa shape index (κ3) is 3.36. The van der Waals surface area contributed by atoms with Crippen LogP contribution in [0.2, 0.25) is 0 Å². The molecular formula is C32H40N2O5. The van der Waals surface area contributed by atoms with Crippen molar-refractivity contribution < 1.29 is 24.5 Å². The molecule has 5 aliphatic rings. The highest BCUT2D eigenvalue weighted by Gasteiger charge is 2.75. The number of ketones is 1. The maximum Gasteiger partial charge on any atom is 0.193 e. The third-order valence-corrected chi connectivity index (χ3v) is 11.4. The molecule has 9 atom stereocenters. The summed E-state index contributed by atoms with van der Waals surface area (Å²) in [4.78, 5) is 13.3. The molecule has 0 spiro atoms. The second-order valence-corrected chi connectivity index (χ2v) is 13.3. The number of fused-ring (bicyclic) bond motifs is 8. The van der Waals surface area contributed by atoms with Crippen LogP contribution in [0.1, 0.15) is 68.8 Å². The standard InChI is InChI=1S/C32H40N2O5/c1-18-5-7-20(8-6-18)16-34-25-11-22-9-10-23-24-12-28-32(27(37)17-35,39-19(2)38-28)31(24,4)14-26(36)29(23)30(22,3)13-21(25)15-33-34/h5-8,11,15,19,23-24,26,28-29,35-36H,9-10,12-14,16-17H2,1-4H3/t19?,23-,24-,26-,28+,29+,30-,31-,32+/m0/s1. The first-order valence-electron chi connectivity index (χ1n) is 14.6. The van der Waals surface area contributed by atoms with Gasteiger partial charge in [-0.2, -0.15) is 5.10 Å². The van der Waals surface area contributed by atoms with Gasteiger partial charge in [-0.05, 0) is 86.3 Å². The molecule has 4 fully saturated rings. The lowest BCUT2D eigenvalue weighted by atomic mass is 9.45. The summed E-state index contributed by atoms with van der Waals surface area (Å²) in [5.41, 5.74) is 4.38. The van der Waals surface area contributed by atoms with E-state index in [1.807, 2.05) is 13.1 Å². The molecule has 7 rings (SSSR count). The smallest absolute Gasteiger partial charge is 0.193 e. The van der Waals surface area contributed by atoms with Gasteiger partial charge in [0.25, 0.3) is 0 Å². The minimum atomic E-state index is -1.19. The number of rotatable bonds is 4. The number of ether oxygens (including phenoxy) is 2. The molecule has 1 aromatic carbocycles. The van der Waals surface area contributed by atoms with E-state index in [0.29, 0.717) is 6.42 Å². The van der Waals surface area contributed by atoms with Gasteiger partial charge in [0, 0.05) is 5.41 Å². The molecule has 0 radical (unpaired) electrons. The second kappa shape index (κ2) is 8.59. The van der Waals surface area contributed by atoms with Crippen LogP contribution in [0.15, 0.2) is 36.0 Å². The zero-order chi connectivity index (χ0) is 27.3. The Morgan fingerprint density at radius 2 is 2.00 bits per heavy atom. The molecule has 7 nitrogen and oxygen atoms in total. The Morgan fingerprint density at radius 1 is 1.23 bits per heavy atom. The van der Waals surface area contributed by atoms with Crippen LogP contribution in [-0.4, -0.2) is 56.5 Å². The number of allylic oxidation sites excluding steroid dienone is 1. The number of hydrogen-bond donors (Lipinski definition) is 2. The van der Waals surface area contributed by atoms with Crippen LogP contribution in [-0.2, 0) is 27.2 Å². The fraction of sp³-hybridized carbons (Fsp3) is 0.625. The number of aryl methyl sites for hydroxylation is 1. The molecule has 2 aromatic rings. The average Bonchev–Trinajstić information content (AvgIpc) is 3.51. The van der Waals surface area contributed by atoms with Crippen molar-refractivity contribution in [3.63, 3.8) is 0 Å². The van der Waals surface area contributed by atoms with Crippen molar-refractivity contribution >= 4 is 11.9 Å². The Labute approximate surface area is 230 Å². The minimum absolute atomic E-state index is 0.0849. The number of aliphatic hydroxyl groups is 2. The first-order chi connectivity index (χ1) is 18.6. The number of carbonyl (C=O) groups is 1. The average molecular weight is 533 g/mol. The zero-order valence-corrected chi connectivity index (χ0v) is 23.4. The van der Waals surface area contributed by atoms with Gasteiger partial charge >= 0.3 is 0 Å². The number of benzene rings is 1. The first kappa shape index (κ1) is 25.6. The molecule has 2 heterocycles. The van der Waals surface area contributed by atoms with Crippen molar-refractivity contribution in [2.45, 2.75) is 90.4 Å². The van der Waals surface area contributed by atoms with Crippen LogP contribution in [0.25, 0.3) is 6.08 Å². The molecule has 39 heavy (non-hydrogen) atoms. The summed E-state index contributed by atoms with van der Waals surface area (Å²) >= 11 is 0. The fourth-order valence-corrected chi connectivity index (χ4v) is 9.77. The van der Waals surface area contributed by atoms with Gasteiger partial charge in [0.1, 0.15) is 6.61 Å². The van der Waals surface area contributed by atoms with Crippen LogP contribution in [0.3, 0.4) is 0 Å². The number of carbonyl (C=O) groups excluding carboxylic acids is 1. The number of aliphatic hydroxyl groups excluding tert-OH is 2. The van der Waals surface area contributed by atoms with Crippen molar-refractivity contribution in [1.82, 2.24) is 9.78 Å². The highest BCUT2D eigenvalue weighted by Crippen LogP contribution is 2.70. The van der Waals surface area contributed by atoms with Crippen molar-refractivity contribution in [1.29, 1.82) is 0 Å². The molecule has 0 bridgehead atoms. The van der Waals surface area contributed by atoms with E-state index in [9.17, 15) is 15.0 Å². The lowest BCUT2D eigenvalue weighted by Gasteiger charge is -2.60. The molecule has 208 valence electrons. The van der Waals surface area contributed by atoms with E-state index in [4.69, 9.17) is 14.6 Å². The highest BCUT2D eigenvalue weighted by molar-refractivity contribution is 5.91. The summed E-state index contributed by atoms with van der Waals surface area (Å²) < 4.78 is 14.6. The van der Waals surface area contributed by atoms with Gasteiger partial charge in [-0.1, -0.05) is 49.2 Å². The fourth-order valence-electron chi connectivity index (χ4n) is 9.77. The molecule has 1 aromatic heterocycles. The highest BCUT2D eigenvalue weighted by atomic mass is 16.7. The summed E-state index contributed by atoms with van der Waals surface area (Å²) in [7, 11) is 0. The zero-order valence-electron chi connectivity index (χ0n) is 23.4. The lowest BCUT2D eigenvalue weighted by Crippen LogP contribution is -2.63. The first-order valence-corrected chi connectivity index (χ1v) is 14.6. The molecule has 1 aliphatic heterocycles. The largest absolute Gasteiger partial charge is 0.393 e. The number of Topliss-reactive ketones (excluding diaryl/α,β-unsaturated/α-hetero) is 1. The normalized spacial score (nSPS) is 42.2. The Morgan fingerprint density at radius 3 is 2.74 bits per heavy atom. The van der Waals surface area contributed by atoms with Gasteiger partial charge in [-0.3, -0.25) is 9.48 Å². The Hall–Kier alpha value is -2.32. The van der Waals surface area contributed by atoms with Gasteiger partial charge in [-0.25, -0.2) is 0 Å². The van der Waals surface area contributed by atoms with Gasteiger partial charge in [0.2, 0.25) is 0 Å². The summed E-state index contributed by atoms with van der Waals surface area (Å²) in [6, 6.07) is 8.63. The molecule has 1 saturated heterocycles. The second-order valence-electron chi connectivity index (χ2n) is 13.3. The summed E-state index contributed by atoms with van der Waals surface area (Å²) in [6.45, 7) is 8.54. The van der Waals surface area contributed by atoms with E-state index in [2.05, 4.69) is 55.8 Å². The molecule has 7 heteroatoms. The van der Waals surface area contributed by atoms with Crippen LogP contribution >= 0.6 is 0 Å². The van der Waals surface area contributed by atoms with Crippen LogP contribution in [0.5, 0.6) is 0 Å². The quantitative estimate of drug-likeness (QED) is 0.617. The predicted octanol–water partition coefficient (Wildman–Crippen LogP) is 4.06. The third-order valence-electron chi connectivity index (χ3n) is 11.4. The summed E-state index contributed by atoms with van der Waals surface area (Å²) in [5.74, 6) is 0.213. The van der Waals surface area contributed by atoms with Crippen molar-refractivity contribution in [2.75, 3.05) is 6.61 Å². The van der Waals surface area contributed by atoms with Crippen LogP contribution in [0.4, 0.5) is 0 Å². The minimum Gasteiger partial charge on any atom is -0.393 e. The Kier molecular flexibility index (Phi) is 5.65. The number of aromatic nitrogens is 2. The van der Waals surface area contributed by atoms with Crippen LogP contribution < -0.4 is 0 Å². The SMILES string of the molecule is Cc1ccc(Cn2ncc3c2C=C2CC[C@@H]4[C@H]([C@@H](O)C[C@@]5(C)[C@H]4C[C@H]4OC(C)O[C@]45C(=O)CO)[C@@]2(C)C3)cc1. The molecule has 1 unspecified atom stereocenters. The van der Waals surface area contributed by atoms with E-state index < -0.39 is 30.0 Å². The molecular weight excluding hydrogens is 492 g/mol. The number of hydrogen-bond acceptors (Lipinski definition) is 6. The van der Waals surface area contributed by atoms with Gasteiger partial charge < -0.3 is 19.7 Å². The van der Waals surface area contributed by atoms with Gasteiger partial charge in [-0.15, -0.1) is 0 Å². The maximum absolute atomic E-state index is 13.3. The van der Waals surface area contributed by atoms with E-state index >= 15 is 0 Å². The van der Waals surface area contributed by atoms with Crippen molar-refractivity contribution in [2.24, 2.45) is 28.6 Å². The molecule has 0 amide bonds. The Bertz CT molecular complexity index is 1350. The van der Waals surface area contributed by atoms with Crippen molar-refractivity contribution in [3.8, 4) is 0 Å². The van der Waals surface area contributed by atoms with Gasteiger partial charge in [0.15, 0.2) is 17.7 Å². The summed E-state index contributed by atoms with van der Waals surface area (Å²) in [5, 5.41) is 26.7. The predicted molar refractivity (Wildman–Crippen MR) is 146 cm³/mol. The number of nitrogens with zero attached hydrogens (tertiary/aromatic N) is 2. The maximum atomic E-state index is 13.3. The van der Waals surface area contributed by atoms with E-state index in [0.717, 1.165) is 32.2 Å². The van der Waals surface area contributed by atoms with Crippen molar-refractivity contribution in [3.05, 3.63) is 58.4 Å². The monoisotopic (exact) mass is 532 g/mol. The molecule has 2 N–H and O–H groups in total. The van der Waals surface area contributed by atoms with Crippen LogP contribution in [0, 0.1) is 35.5 Å². The lowest BCUT2D eigenvalue weighted by molar-refractivity contribution is -0.199. The van der Waals surface area contributed by atoms with Gasteiger partial charge in [0.05, 0.1) is 30.6 Å². The van der Waals surface area contributed by atoms with E-state index in [-0.39, 0.29) is 35.1 Å². The molecule has 4 aliphatic carbocycles. The van der Waals surface area contributed by atoms with E-state index in [1.54, 1.807) is 0 Å². The Balaban J connectivity index is 1.22. The van der Waals surface area contributed by atoms with E-state index in [1.165, 1.54) is 28.0 Å². The molecule has 3 saturated carbocycles.